The first kappa shape index (κ1) is 8.87. The van der Waals surface area contributed by atoms with Crippen molar-refractivity contribution in [3.8, 4) is 0 Å². The van der Waals surface area contributed by atoms with Crippen LogP contribution < -0.4 is 0 Å². The van der Waals surface area contributed by atoms with E-state index in [9.17, 15) is 5.11 Å². The summed E-state index contributed by atoms with van der Waals surface area (Å²) >= 11 is 3.17. The predicted octanol–water partition coefficient (Wildman–Crippen LogP) is 2.48. The molecule has 0 aliphatic heterocycles. The van der Waals surface area contributed by atoms with Crippen molar-refractivity contribution >= 4 is 22.7 Å². The SMILES string of the molecule is OC(Cc1cccs1)c1cncs1. The van der Waals surface area contributed by atoms with Crippen molar-refractivity contribution in [1.82, 2.24) is 4.98 Å². The zero-order valence-electron chi connectivity index (χ0n) is 6.88. The van der Waals surface area contributed by atoms with E-state index in [2.05, 4.69) is 4.98 Å². The maximum Gasteiger partial charge on any atom is 0.0946 e. The van der Waals surface area contributed by atoms with Crippen LogP contribution in [0.3, 0.4) is 0 Å². The Bertz CT molecular complexity index is 342. The highest BCUT2D eigenvalue weighted by atomic mass is 32.1. The Morgan fingerprint density at radius 3 is 3.00 bits per heavy atom. The van der Waals surface area contributed by atoms with Gasteiger partial charge in [0.2, 0.25) is 0 Å². The smallest absolute Gasteiger partial charge is 0.0946 e. The number of hydrogen-bond donors (Lipinski definition) is 1. The first-order valence-electron chi connectivity index (χ1n) is 3.95. The average molecular weight is 211 g/mol. The van der Waals surface area contributed by atoms with Crippen LogP contribution in [-0.4, -0.2) is 10.1 Å². The molecule has 1 atom stereocenters. The van der Waals surface area contributed by atoms with Crippen molar-refractivity contribution in [2.24, 2.45) is 0 Å². The fourth-order valence-electron chi connectivity index (χ4n) is 1.11. The van der Waals surface area contributed by atoms with Crippen LogP contribution in [0.25, 0.3) is 0 Å². The van der Waals surface area contributed by atoms with Gasteiger partial charge in [-0.15, -0.1) is 22.7 Å². The molecule has 2 aromatic rings. The molecule has 0 radical (unpaired) electrons. The van der Waals surface area contributed by atoms with Crippen LogP contribution in [0.15, 0.2) is 29.2 Å². The lowest BCUT2D eigenvalue weighted by Crippen LogP contribution is -1.97. The summed E-state index contributed by atoms with van der Waals surface area (Å²) in [6.07, 6.45) is 2.02. The molecule has 13 heavy (non-hydrogen) atoms. The Balaban J connectivity index is 2.04. The van der Waals surface area contributed by atoms with Crippen molar-refractivity contribution in [2.45, 2.75) is 12.5 Å². The van der Waals surface area contributed by atoms with Gasteiger partial charge in [-0.2, -0.15) is 0 Å². The Labute approximate surface area is 84.5 Å². The second-order valence-corrected chi connectivity index (χ2v) is 4.65. The zero-order valence-corrected chi connectivity index (χ0v) is 8.52. The molecule has 0 aliphatic rings. The molecule has 0 aromatic carbocycles. The Hall–Kier alpha value is -0.710. The minimum atomic E-state index is -0.397. The molecule has 2 nitrogen and oxygen atoms in total. The highest BCUT2D eigenvalue weighted by Gasteiger charge is 2.10. The van der Waals surface area contributed by atoms with E-state index < -0.39 is 6.10 Å². The number of thiazole rings is 1. The fourth-order valence-corrected chi connectivity index (χ4v) is 2.46. The third-order valence-electron chi connectivity index (χ3n) is 1.75. The van der Waals surface area contributed by atoms with Crippen molar-refractivity contribution in [1.29, 1.82) is 0 Å². The topological polar surface area (TPSA) is 33.1 Å². The Morgan fingerprint density at radius 2 is 2.38 bits per heavy atom. The summed E-state index contributed by atoms with van der Waals surface area (Å²) < 4.78 is 0. The van der Waals surface area contributed by atoms with Crippen LogP contribution >= 0.6 is 22.7 Å². The van der Waals surface area contributed by atoms with E-state index in [1.807, 2.05) is 17.5 Å². The second-order valence-electron chi connectivity index (χ2n) is 2.70. The Morgan fingerprint density at radius 1 is 1.46 bits per heavy atom. The molecule has 4 heteroatoms. The van der Waals surface area contributed by atoms with Gasteiger partial charge in [0, 0.05) is 17.5 Å². The maximum atomic E-state index is 9.76. The van der Waals surface area contributed by atoms with Gasteiger partial charge in [-0.3, -0.25) is 4.98 Å². The average Bonchev–Trinajstić information content (AvgIpc) is 2.74. The molecule has 1 unspecified atom stereocenters. The van der Waals surface area contributed by atoms with Gasteiger partial charge in [0.05, 0.1) is 16.5 Å². The van der Waals surface area contributed by atoms with E-state index in [4.69, 9.17) is 0 Å². The molecular formula is C9H9NOS2. The van der Waals surface area contributed by atoms with Crippen LogP contribution in [0.5, 0.6) is 0 Å². The normalized spacial score (nSPS) is 13.0. The number of hydrogen-bond acceptors (Lipinski definition) is 4. The molecule has 2 aromatic heterocycles. The maximum absolute atomic E-state index is 9.76. The van der Waals surface area contributed by atoms with Gasteiger partial charge in [-0.1, -0.05) is 6.07 Å². The van der Waals surface area contributed by atoms with Crippen LogP contribution in [0, 0.1) is 0 Å². The summed E-state index contributed by atoms with van der Waals surface area (Å²) in [5, 5.41) is 11.8. The van der Waals surface area contributed by atoms with Gasteiger partial charge in [0.1, 0.15) is 0 Å². The minimum Gasteiger partial charge on any atom is -0.387 e. The Kier molecular flexibility index (Phi) is 2.73. The highest BCUT2D eigenvalue weighted by molar-refractivity contribution is 7.10. The molecule has 68 valence electrons. The minimum absolute atomic E-state index is 0.397. The van der Waals surface area contributed by atoms with Crippen molar-refractivity contribution in [3.05, 3.63) is 39.0 Å². The van der Waals surface area contributed by atoms with Crippen molar-refractivity contribution in [2.75, 3.05) is 0 Å². The molecule has 2 heterocycles. The van der Waals surface area contributed by atoms with Gasteiger partial charge in [0.25, 0.3) is 0 Å². The first-order chi connectivity index (χ1) is 6.36. The summed E-state index contributed by atoms with van der Waals surface area (Å²) in [4.78, 5) is 6.08. The molecule has 0 spiro atoms. The molecule has 0 amide bonds. The lowest BCUT2D eigenvalue weighted by Gasteiger charge is -2.04. The summed E-state index contributed by atoms with van der Waals surface area (Å²) in [5.74, 6) is 0. The lowest BCUT2D eigenvalue weighted by molar-refractivity contribution is 0.183. The van der Waals surface area contributed by atoms with Crippen LogP contribution in [0.2, 0.25) is 0 Å². The van der Waals surface area contributed by atoms with E-state index in [1.165, 1.54) is 16.2 Å². The van der Waals surface area contributed by atoms with E-state index in [-0.39, 0.29) is 0 Å². The summed E-state index contributed by atoms with van der Waals surface area (Å²) in [6, 6.07) is 4.04. The number of thiophene rings is 1. The second kappa shape index (κ2) is 4.00. The number of rotatable bonds is 3. The first-order valence-corrected chi connectivity index (χ1v) is 5.71. The van der Waals surface area contributed by atoms with E-state index in [0.717, 1.165) is 4.88 Å². The van der Waals surface area contributed by atoms with E-state index in [0.29, 0.717) is 6.42 Å². The van der Waals surface area contributed by atoms with Gasteiger partial charge in [-0.25, -0.2) is 0 Å². The molecule has 0 fully saturated rings. The standard InChI is InChI=1S/C9H9NOS2/c11-8(9-5-10-6-13-9)4-7-2-1-3-12-7/h1-3,5-6,8,11H,4H2. The van der Waals surface area contributed by atoms with E-state index in [1.54, 1.807) is 23.0 Å². The zero-order chi connectivity index (χ0) is 9.10. The largest absolute Gasteiger partial charge is 0.387 e. The van der Waals surface area contributed by atoms with Crippen LogP contribution in [0.4, 0.5) is 0 Å². The monoisotopic (exact) mass is 211 g/mol. The summed E-state index contributed by atoms with van der Waals surface area (Å²) in [7, 11) is 0. The molecular weight excluding hydrogens is 202 g/mol. The van der Waals surface area contributed by atoms with Crippen LogP contribution in [-0.2, 0) is 6.42 Å². The quantitative estimate of drug-likeness (QED) is 0.846. The number of nitrogens with zero attached hydrogens (tertiary/aromatic N) is 1. The van der Waals surface area contributed by atoms with Gasteiger partial charge < -0.3 is 5.11 Å². The number of aromatic nitrogens is 1. The van der Waals surface area contributed by atoms with Crippen molar-refractivity contribution < 1.29 is 5.11 Å². The van der Waals surface area contributed by atoms with Gasteiger partial charge in [-0.05, 0) is 11.4 Å². The number of aliphatic hydroxyl groups excluding tert-OH is 1. The number of aliphatic hydroxyl groups is 1. The molecule has 1 N–H and O–H groups in total. The molecule has 0 aliphatic carbocycles. The molecule has 2 rings (SSSR count). The van der Waals surface area contributed by atoms with Gasteiger partial charge >= 0.3 is 0 Å². The lowest BCUT2D eigenvalue weighted by atomic mass is 10.2. The predicted molar refractivity (Wildman–Crippen MR) is 55.1 cm³/mol. The van der Waals surface area contributed by atoms with E-state index >= 15 is 0 Å². The molecule has 0 bridgehead atoms. The highest BCUT2D eigenvalue weighted by Crippen LogP contribution is 2.23. The third kappa shape index (κ3) is 2.15. The van der Waals surface area contributed by atoms with Gasteiger partial charge in [0.15, 0.2) is 0 Å². The summed E-state index contributed by atoms with van der Waals surface area (Å²) in [5.41, 5.74) is 1.74. The van der Waals surface area contributed by atoms with Crippen LogP contribution in [0.1, 0.15) is 15.9 Å². The third-order valence-corrected chi connectivity index (χ3v) is 3.53. The molecule has 0 saturated heterocycles. The molecule has 0 saturated carbocycles. The fraction of sp³-hybridized carbons (Fsp3) is 0.222. The van der Waals surface area contributed by atoms with Crippen molar-refractivity contribution in [3.63, 3.8) is 0 Å². The summed E-state index contributed by atoms with van der Waals surface area (Å²) in [6.45, 7) is 0.